The maximum atomic E-state index is 9.75. The first-order valence-corrected chi connectivity index (χ1v) is 7.60. The van der Waals surface area contributed by atoms with E-state index in [-0.39, 0.29) is 0 Å². The topological polar surface area (TPSA) is 55.7 Å². The van der Waals surface area contributed by atoms with Crippen LogP contribution in [0.25, 0.3) is 0 Å². The Balaban J connectivity index is 2.21. The normalized spacial score (nSPS) is 24.1. The highest BCUT2D eigenvalue weighted by atomic mass is 16.3. The number of aliphatic hydroxyl groups excluding tert-OH is 2. The molecule has 4 nitrogen and oxygen atoms in total. The van der Waals surface area contributed by atoms with E-state index in [0.717, 1.165) is 25.1 Å². The minimum atomic E-state index is -0.647. The number of hydrogen-bond acceptors (Lipinski definition) is 4. The van der Waals surface area contributed by atoms with Crippen LogP contribution < -0.4 is 10.2 Å². The number of benzene rings is 1. The van der Waals surface area contributed by atoms with Gasteiger partial charge in [0.1, 0.15) is 0 Å². The molecular weight excluding hydrogens is 252 g/mol. The molecule has 2 rings (SSSR count). The van der Waals surface area contributed by atoms with E-state index in [0.29, 0.717) is 19.1 Å². The van der Waals surface area contributed by atoms with Gasteiger partial charge in [-0.3, -0.25) is 0 Å². The summed E-state index contributed by atoms with van der Waals surface area (Å²) in [5.74, 6) is 0. The molecule has 0 saturated carbocycles. The van der Waals surface area contributed by atoms with E-state index in [4.69, 9.17) is 0 Å². The van der Waals surface area contributed by atoms with Gasteiger partial charge in [-0.25, -0.2) is 0 Å². The van der Waals surface area contributed by atoms with E-state index in [1.165, 1.54) is 5.56 Å². The van der Waals surface area contributed by atoms with Gasteiger partial charge in [-0.05, 0) is 31.0 Å². The fourth-order valence-corrected chi connectivity index (χ4v) is 2.83. The van der Waals surface area contributed by atoms with Crippen LogP contribution >= 0.6 is 0 Å². The summed E-state index contributed by atoms with van der Waals surface area (Å²) in [6.07, 6.45) is 0.842. The Morgan fingerprint density at radius 3 is 2.45 bits per heavy atom. The number of rotatable bonds is 6. The summed E-state index contributed by atoms with van der Waals surface area (Å²) >= 11 is 0. The molecule has 4 heteroatoms. The first-order valence-electron chi connectivity index (χ1n) is 7.60. The van der Waals surface area contributed by atoms with Crippen LogP contribution in [0.1, 0.15) is 38.3 Å². The second-order valence-electron chi connectivity index (χ2n) is 5.51. The van der Waals surface area contributed by atoms with E-state index in [1.54, 1.807) is 0 Å². The summed E-state index contributed by atoms with van der Waals surface area (Å²) in [4.78, 5) is 2.08. The van der Waals surface area contributed by atoms with E-state index in [9.17, 15) is 10.2 Å². The Morgan fingerprint density at radius 1 is 1.20 bits per heavy atom. The number of nitrogens with zero attached hydrogens (tertiary/aromatic N) is 1. The molecular formula is C16H26N2O2. The van der Waals surface area contributed by atoms with Crippen LogP contribution in [-0.2, 0) is 0 Å². The molecule has 3 N–H and O–H groups in total. The van der Waals surface area contributed by atoms with Crippen molar-refractivity contribution >= 4 is 5.69 Å². The molecule has 3 unspecified atom stereocenters. The lowest BCUT2D eigenvalue weighted by molar-refractivity contribution is 0.0572. The molecule has 0 aliphatic carbocycles. The monoisotopic (exact) mass is 278 g/mol. The Kier molecular flexibility index (Phi) is 5.40. The van der Waals surface area contributed by atoms with Crippen molar-refractivity contribution in [2.45, 2.75) is 44.9 Å². The predicted molar refractivity (Wildman–Crippen MR) is 82.0 cm³/mol. The molecule has 1 fully saturated rings. The number of hydrogen-bond donors (Lipinski definition) is 3. The molecule has 1 aliphatic heterocycles. The Morgan fingerprint density at radius 2 is 1.85 bits per heavy atom. The average molecular weight is 278 g/mol. The smallest absolute Gasteiger partial charge is 0.0990 e. The van der Waals surface area contributed by atoms with Crippen molar-refractivity contribution in [1.82, 2.24) is 5.32 Å². The molecule has 1 aromatic carbocycles. The second-order valence-corrected chi connectivity index (χ2v) is 5.51. The first kappa shape index (κ1) is 15.3. The van der Waals surface area contributed by atoms with Crippen LogP contribution in [0.3, 0.4) is 0 Å². The third kappa shape index (κ3) is 3.32. The van der Waals surface area contributed by atoms with Crippen LogP contribution in [-0.4, -0.2) is 42.1 Å². The standard InChI is InChI=1S/C16H26N2O2/c1-3-9-17-13(4-2)12-7-5-6-8-14(12)18-10-15(19)16(20)11-18/h5-8,13,15-17,19-20H,3-4,9-11H2,1-2H3. The van der Waals surface area contributed by atoms with E-state index < -0.39 is 12.2 Å². The number of para-hydroxylation sites is 1. The van der Waals surface area contributed by atoms with Gasteiger partial charge in [0.25, 0.3) is 0 Å². The molecule has 3 atom stereocenters. The van der Waals surface area contributed by atoms with E-state index in [1.807, 2.05) is 6.07 Å². The zero-order chi connectivity index (χ0) is 14.5. The SMILES string of the molecule is CCCNC(CC)c1ccccc1N1CC(O)C(O)C1. The summed E-state index contributed by atoms with van der Waals surface area (Å²) in [6.45, 7) is 6.35. The van der Waals surface area contributed by atoms with Gasteiger partial charge in [0, 0.05) is 24.8 Å². The van der Waals surface area contributed by atoms with Crippen molar-refractivity contribution in [2.75, 3.05) is 24.5 Å². The number of nitrogens with one attached hydrogen (secondary N) is 1. The van der Waals surface area contributed by atoms with Gasteiger partial charge < -0.3 is 20.4 Å². The summed E-state index contributed by atoms with van der Waals surface area (Å²) in [6, 6.07) is 8.61. The zero-order valence-electron chi connectivity index (χ0n) is 12.4. The number of β-amino-alcohol motifs (C(OH)–C–C–N with tert-alkyl or cyclic N) is 2. The third-order valence-electron chi connectivity index (χ3n) is 3.96. The molecule has 112 valence electrons. The quantitative estimate of drug-likeness (QED) is 0.741. The molecule has 0 aromatic heterocycles. The maximum absolute atomic E-state index is 9.75. The molecule has 1 heterocycles. The van der Waals surface area contributed by atoms with Gasteiger partial charge in [-0.2, -0.15) is 0 Å². The fourth-order valence-electron chi connectivity index (χ4n) is 2.83. The minimum Gasteiger partial charge on any atom is -0.389 e. The summed E-state index contributed by atoms with van der Waals surface area (Å²) in [7, 11) is 0. The van der Waals surface area contributed by atoms with Crippen molar-refractivity contribution < 1.29 is 10.2 Å². The molecule has 1 saturated heterocycles. The Bertz CT molecular complexity index is 415. The Hall–Kier alpha value is -1.10. The lowest BCUT2D eigenvalue weighted by atomic mass is 10.0. The van der Waals surface area contributed by atoms with E-state index in [2.05, 4.69) is 42.3 Å². The van der Waals surface area contributed by atoms with Gasteiger partial charge in [-0.1, -0.05) is 32.0 Å². The zero-order valence-corrected chi connectivity index (χ0v) is 12.4. The number of anilines is 1. The lowest BCUT2D eigenvalue weighted by Gasteiger charge is -2.26. The summed E-state index contributed by atoms with van der Waals surface area (Å²) in [5, 5.41) is 23.1. The number of aliphatic hydroxyl groups is 2. The highest BCUT2D eigenvalue weighted by molar-refractivity contribution is 5.56. The summed E-state index contributed by atoms with van der Waals surface area (Å²) in [5.41, 5.74) is 2.38. The van der Waals surface area contributed by atoms with Crippen LogP contribution in [0.4, 0.5) is 5.69 Å². The van der Waals surface area contributed by atoms with E-state index >= 15 is 0 Å². The van der Waals surface area contributed by atoms with Gasteiger partial charge in [0.15, 0.2) is 0 Å². The molecule has 20 heavy (non-hydrogen) atoms. The third-order valence-corrected chi connectivity index (χ3v) is 3.96. The molecule has 0 radical (unpaired) electrons. The van der Waals surface area contributed by atoms with Crippen molar-refractivity contribution in [2.24, 2.45) is 0 Å². The average Bonchev–Trinajstić information content (AvgIpc) is 2.80. The first-order chi connectivity index (χ1) is 9.67. The van der Waals surface area contributed by atoms with Gasteiger partial charge in [-0.15, -0.1) is 0 Å². The van der Waals surface area contributed by atoms with Gasteiger partial charge in [0.2, 0.25) is 0 Å². The fraction of sp³-hybridized carbons (Fsp3) is 0.625. The van der Waals surface area contributed by atoms with Gasteiger partial charge >= 0.3 is 0 Å². The Labute approximate surface area is 121 Å². The molecule has 0 amide bonds. The minimum absolute atomic E-state index is 0.320. The lowest BCUT2D eigenvalue weighted by Crippen LogP contribution is -2.27. The highest BCUT2D eigenvalue weighted by Crippen LogP contribution is 2.30. The second kappa shape index (κ2) is 7.07. The van der Waals surface area contributed by atoms with Crippen LogP contribution in [0.2, 0.25) is 0 Å². The van der Waals surface area contributed by atoms with Crippen molar-refractivity contribution in [3.63, 3.8) is 0 Å². The van der Waals surface area contributed by atoms with Gasteiger partial charge in [0.05, 0.1) is 12.2 Å². The molecule has 1 aromatic rings. The maximum Gasteiger partial charge on any atom is 0.0990 e. The highest BCUT2D eigenvalue weighted by Gasteiger charge is 2.31. The van der Waals surface area contributed by atoms with Crippen LogP contribution in [0, 0.1) is 0 Å². The van der Waals surface area contributed by atoms with Crippen molar-refractivity contribution in [1.29, 1.82) is 0 Å². The largest absolute Gasteiger partial charge is 0.389 e. The molecule has 0 bridgehead atoms. The van der Waals surface area contributed by atoms with Crippen LogP contribution in [0.15, 0.2) is 24.3 Å². The van der Waals surface area contributed by atoms with Crippen molar-refractivity contribution in [3.05, 3.63) is 29.8 Å². The van der Waals surface area contributed by atoms with Crippen LogP contribution in [0.5, 0.6) is 0 Å². The van der Waals surface area contributed by atoms with Crippen molar-refractivity contribution in [3.8, 4) is 0 Å². The molecule has 0 spiro atoms. The molecule has 1 aliphatic rings. The predicted octanol–water partition coefficient (Wildman–Crippen LogP) is 1.68. The summed E-state index contributed by atoms with van der Waals surface area (Å²) < 4.78 is 0.